The van der Waals surface area contributed by atoms with Crippen molar-refractivity contribution >= 4 is 10.0 Å². The Labute approximate surface area is 88.3 Å². The Hall–Kier alpha value is -0.0900. The molecule has 0 unspecified atom stereocenters. The average Bonchev–Trinajstić information content (AvgIpc) is 1.98. The lowest BCUT2D eigenvalue weighted by atomic mass is 9.83. The lowest BCUT2D eigenvalue weighted by molar-refractivity contribution is 0.299. The van der Waals surface area contributed by atoms with Crippen LogP contribution in [0.1, 0.15) is 48.0 Å². The third kappa shape index (κ3) is 2.70. The number of nitrogens with one attached hydrogen (secondary N) is 1. The molecule has 0 aromatic heterocycles. The molecule has 0 aliphatic heterocycles. The Bertz CT molecular complexity index is 273. The van der Waals surface area contributed by atoms with Crippen molar-refractivity contribution in [3.63, 3.8) is 0 Å². The van der Waals surface area contributed by atoms with Crippen LogP contribution in [0.5, 0.6) is 0 Å². The maximum atomic E-state index is 11.9. The van der Waals surface area contributed by atoms with Gasteiger partial charge in [0.1, 0.15) is 0 Å². The summed E-state index contributed by atoms with van der Waals surface area (Å²) in [4.78, 5) is 0. The van der Waals surface area contributed by atoms with Crippen molar-refractivity contribution in [3.8, 4) is 0 Å². The van der Waals surface area contributed by atoms with Crippen molar-refractivity contribution in [2.24, 2.45) is 5.41 Å². The van der Waals surface area contributed by atoms with Gasteiger partial charge in [-0.15, -0.1) is 0 Å². The van der Waals surface area contributed by atoms with Crippen LogP contribution in [0.25, 0.3) is 0 Å². The van der Waals surface area contributed by atoms with E-state index in [0.717, 1.165) is 6.42 Å². The lowest BCUT2D eigenvalue weighted by Gasteiger charge is -2.37. The van der Waals surface area contributed by atoms with Crippen LogP contribution in [-0.2, 0) is 10.0 Å². The van der Waals surface area contributed by atoms with Gasteiger partial charge in [0.2, 0.25) is 10.0 Å². The maximum absolute atomic E-state index is 11.9. The van der Waals surface area contributed by atoms with Gasteiger partial charge in [-0.05, 0) is 25.7 Å². The van der Waals surface area contributed by atoms with Crippen LogP contribution in [0, 0.1) is 5.41 Å². The van der Waals surface area contributed by atoms with Gasteiger partial charge in [-0.25, -0.2) is 13.1 Å². The second-order valence-corrected chi connectivity index (χ2v) is 7.47. The first-order valence-electron chi connectivity index (χ1n) is 5.05. The van der Waals surface area contributed by atoms with Gasteiger partial charge in [0, 0.05) is 6.54 Å². The first kappa shape index (κ1) is 13.9. The normalized spacial score (nSPS) is 14.4. The van der Waals surface area contributed by atoms with Crippen molar-refractivity contribution in [1.29, 1.82) is 0 Å². The zero-order valence-electron chi connectivity index (χ0n) is 10.1. The molecule has 0 bridgehead atoms. The van der Waals surface area contributed by atoms with E-state index in [-0.39, 0.29) is 5.41 Å². The molecule has 1 N–H and O–H groups in total. The summed E-state index contributed by atoms with van der Waals surface area (Å²) in [6.07, 6.45) is 0.819. The van der Waals surface area contributed by atoms with Crippen LogP contribution in [0.15, 0.2) is 0 Å². The second-order valence-electron chi connectivity index (χ2n) is 5.16. The predicted molar refractivity (Wildman–Crippen MR) is 60.7 cm³/mol. The highest BCUT2D eigenvalue weighted by Crippen LogP contribution is 2.35. The van der Waals surface area contributed by atoms with Crippen molar-refractivity contribution in [3.05, 3.63) is 0 Å². The number of hydrogen-bond acceptors (Lipinski definition) is 2. The van der Waals surface area contributed by atoms with Gasteiger partial charge >= 0.3 is 0 Å². The Balaban J connectivity index is 4.90. The smallest absolute Gasteiger partial charge is 0.215 e. The van der Waals surface area contributed by atoms with E-state index < -0.39 is 14.8 Å². The third-order valence-corrected chi connectivity index (χ3v) is 5.56. The minimum absolute atomic E-state index is 0.271. The number of rotatable bonds is 4. The van der Waals surface area contributed by atoms with E-state index in [1.807, 2.05) is 27.7 Å². The topological polar surface area (TPSA) is 46.2 Å². The van der Waals surface area contributed by atoms with E-state index >= 15 is 0 Å². The summed E-state index contributed by atoms with van der Waals surface area (Å²) in [6, 6.07) is 0. The van der Waals surface area contributed by atoms with Gasteiger partial charge in [-0.1, -0.05) is 27.7 Å². The second kappa shape index (κ2) is 4.19. The highest BCUT2D eigenvalue weighted by atomic mass is 32.2. The van der Waals surface area contributed by atoms with Gasteiger partial charge in [-0.3, -0.25) is 0 Å². The molecule has 0 atom stereocenters. The molecular formula is C10H23NO2S. The van der Waals surface area contributed by atoms with Crippen LogP contribution < -0.4 is 4.72 Å². The fourth-order valence-corrected chi connectivity index (χ4v) is 2.46. The summed E-state index contributed by atoms with van der Waals surface area (Å²) < 4.78 is 25.8. The Morgan fingerprint density at radius 1 is 1.07 bits per heavy atom. The van der Waals surface area contributed by atoms with E-state index in [4.69, 9.17) is 0 Å². The standard InChI is InChI=1S/C10H23NO2S/c1-7-8-11-14(12,13)10(5,6)9(2,3)4/h11H,7-8H2,1-6H3. The Morgan fingerprint density at radius 3 is 1.79 bits per heavy atom. The zero-order chi connectivity index (χ0) is 11.6. The van der Waals surface area contributed by atoms with Crippen molar-refractivity contribution in [2.45, 2.75) is 52.7 Å². The van der Waals surface area contributed by atoms with Crippen LogP contribution in [-0.4, -0.2) is 19.7 Å². The van der Waals surface area contributed by atoms with Crippen molar-refractivity contribution in [1.82, 2.24) is 4.72 Å². The van der Waals surface area contributed by atoms with Gasteiger partial charge in [0.25, 0.3) is 0 Å². The minimum Gasteiger partial charge on any atom is -0.215 e. The quantitative estimate of drug-likeness (QED) is 0.790. The number of sulfonamides is 1. The predicted octanol–water partition coefficient (Wildman–Crippen LogP) is 2.14. The van der Waals surface area contributed by atoms with Crippen molar-refractivity contribution in [2.75, 3.05) is 6.54 Å². The molecule has 86 valence electrons. The SMILES string of the molecule is CCCNS(=O)(=O)C(C)(C)C(C)(C)C. The minimum atomic E-state index is -3.23. The molecule has 0 saturated heterocycles. The molecule has 0 fully saturated rings. The van der Waals surface area contributed by atoms with Crippen molar-refractivity contribution < 1.29 is 8.42 Å². The molecule has 3 nitrogen and oxygen atoms in total. The van der Waals surface area contributed by atoms with E-state index in [1.54, 1.807) is 13.8 Å². The van der Waals surface area contributed by atoms with Gasteiger partial charge in [0.15, 0.2) is 0 Å². The molecule has 0 saturated carbocycles. The van der Waals surface area contributed by atoms with E-state index in [1.165, 1.54) is 0 Å². The van der Waals surface area contributed by atoms with Gasteiger partial charge in [0.05, 0.1) is 4.75 Å². The summed E-state index contributed by atoms with van der Waals surface area (Å²) in [7, 11) is -3.23. The largest absolute Gasteiger partial charge is 0.217 e. The van der Waals surface area contributed by atoms with Crippen LogP contribution in [0.3, 0.4) is 0 Å². The van der Waals surface area contributed by atoms with Crippen LogP contribution in [0.4, 0.5) is 0 Å². The molecule has 0 radical (unpaired) electrons. The van der Waals surface area contributed by atoms with Gasteiger partial charge in [-0.2, -0.15) is 0 Å². The summed E-state index contributed by atoms with van der Waals surface area (Å²) in [6.45, 7) is 11.8. The van der Waals surface area contributed by atoms with E-state index in [2.05, 4.69) is 4.72 Å². The summed E-state index contributed by atoms with van der Waals surface area (Å²) in [5, 5.41) is 0. The molecule has 0 heterocycles. The molecule has 0 amide bonds. The summed E-state index contributed by atoms with van der Waals surface area (Å²) >= 11 is 0. The first-order valence-corrected chi connectivity index (χ1v) is 6.54. The molecule has 0 aliphatic carbocycles. The molecule has 0 aromatic carbocycles. The Kier molecular flexibility index (Phi) is 4.16. The first-order chi connectivity index (χ1) is 6.06. The molecule has 0 spiro atoms. The highest BCUT2D eigenvalue weighted by Gasteiger charge is 2.44. The molecule has 0 rings (SSSR count). The summed E-state index contributed by atoms with van der Waals surface area (Å²) in [5.74, 6) is 0. The molecular weight excluding hydrogens is 198 g/mol. The monoisotopic (exact) mass is 221 g/mol. The average molecular weight is 221 g/mol. The van der Waals surface area contributed by atoms with E-state index in [0.29, 0.717) is 6.54 Å². The fourth-order valence-electron chi connectivity index (χ4n) is 0.820. The molecule has 0 aromatic rings. The van der Waals surface area contributed by atoms with E-state index in [9.17, 15) is 8.42 Å². The lowest BCUT2D eigenvalue weighted by Crippen LogP contribution is -2.50. The number of hydrogen-bond donors (Lipinski definition) is 1. The maximum Gasteiger partial charge on any atom is 0.217 e. The third-order valence-electron chi connectivity index (χ3n) is 3.02. The highest BCUT2D eigenvalue weighted by molar-refractivity contribution is 7.90. The Morgan fingerprint density at radius 2 is 1.50 bits per heavy atom. The fraction of sp³-hybridized carbons (Fsp3) is 1.00. The summed E-state index contributed by atoms with van der Waals surface area (Å²) in [5.41, 5.74) is -0.271. The zero-order valence-corrected chi connectivity index (χ0v) is 11.0. The van der Waals surface area contributed by atoms with Crippen LogP contribution >= 0.6 is 0 Å². The van der Waals surface area contributed by atoms with Crippen LogP contribution in [0.2, 0.25) is 0 Å². The molecule has 4 heteroatoms. The molecule has 0 aliphatic rings. The van der Waals surface area contributed by atoms with Gasteiger partial charge < -0.3 is 0 Å². The molecule has 14 heavy (non-hydrogen) atoms.